The van der Waals surface area contributed by atoms with Crippen molar-refractivity contribution in [2.75, 3.05) is 19.2 Å². The smallest absolute Gasteiger partial charge is 0.415 e. The molecule has 15 rings (SSSR count). The number of fused-ring (bicyclic) bond motifs is 4. The summed E-state index contributed by atoms with van der Waals surface area (Å²) in [5, 5.41) is 2.68. The molecule has 0 saturated heterocycles. The van der Waals surface area contributed by atoms with Crippen LogP contribution in [-0.2, 0) is 21.1 Å². The summed E-state index contributed by atoms with van der Waals surface area (Å²) in [6.07, 6.45) is 6.00. The first-order chi connectivity index (χ1) is 40.2. The van der Waals surface area contributed by atoms with E-state index in [1.807, 2.05) is 6.20 Å². The van der Waals surface area contributed by atoms with E-state index in [-0.39, 0.29) is 35.0 Å². The van der Waals surface area contributed by atoms with Crippen LogP contribution in [0, 0.1) is 46.2 Å². The van der Waals surface area contributed by atoms with Gasteiger partial charge in [0, 0.05) is 46.7 Å². The number of imidazole rings is 1. The SMILES string of the molecule is Cc1cccc(C)c1B1N(c2[c-]c(N3B(c4c(C)cccc4C)N(c4ccccc4)c4cccnc43)ccc2)c2[c-]c3c(cc2N1c1ccccc1)[Si](C)(C)c1cccc2c1n-3[c-][n+]2-c1c(-c2ccccc2)cccc1-c1ccccc1.[Pt]. The molecule has 0 N–H and O–H groups in total. The van der Waals surface area contributed by atoms with Crippen LogP contribution in [0.4, 0.5) is 45.6 Å². The molecule has 0 saturated carbocycles. The van der Waals surface area contributed by atoms with Crippen LogP contribution in [-0.4, -0.2) is 31.6 Å². The Kier molecular flexibility index (Phi) is 12.9. The molecule has 3 aliphatic heterocycles. The summed E-state index contributed by atoms with van der Waals surface area (Å²) in [6, 6.07) is 92.1. The normalized spacial score (nSPS) is 13.8. The third kappa shape index (κ3) is 8.20. The fraction of sp³-hybridized carbons (Fsp3) is 0.0833. The minimum absolute atomic E-state index is 0. The van der Waals surface area contributed by atoms with E-state index in [4.69, 9.17) is 4.98 Å². The Morgan fingerprint density at radius 3 is 1.52 bits per heavy atom. The van der Waals surface area contributed by atoms with Crippen LogP contribution in [0.25, 0.3) is 44.7 Å². The van der Waals surface area contributed by atoms with E-state index in [1.165, 1.54) is 49.1 Å². The number of hydrogen-bond acceptors (Lipinski definition) is 5. The zero-order valence-corrected chi connectivity index (χ0v) is 50.4. The first-order valence-electron chi connectivity index (χ1n) is 28.4. The van der Waals surface area contributed by atoms with E-state index in [0.717, 1.165) is 84.8 Å². The summed E-state index contributed by atoms with van der Waals surface area (Å²) in [6.45, 7) is 13.4. The minimum Gasteiger partial charge on any atom is -0.415 e. The maximum Gasteiger partial charge on any atom is 0.420 e. The van der Waals surface area contributed by atoms with Gasteiger partial charge in [-0.05, 0) is 103 Å². The van der Waals surface area contributed by atoms with Crippen molar-refractivity contribution in [3.8, 4) is 33.6 Å². The molecule has 12 aromatic rings. The maximum atomic E-state index is 5.23. The Labute approximate surface area is 502 Å². The summed E-state index contributed by atoms with van der Waals surface area (Å²) in [7, 11) is -2.50. The molecule has 0 atom stereocenters. The Morgan fingerprint density at radius 2 is 0.940 bits per heavy atom. The standard InChI is InChI=1S/C72H57B2N7Si.Pt/c1-49-25-19-26-50(2)68(49)73-79(56-35-17-10-18-36-56)64-47-67-65(77-48-76(61-41-23-43-66(71(61)77)82(67,5)6)70-59(53-29-11-7-12-30-53)39-22-40-60(70)54-31-13-8-14-32-54)46-63(64)80(73)57-37-21-38-58(45-57)81-72-62(42-24-44-75-72)78(55-33-15-9-16-34-55)74(81)69-51(3)27-20-28-52(69)4;/h7-44,47H,1-6H3;/q-2;. The molecule has 402 valence electrons. The molecule has 7 nitrogen and oxygen atoms in total. The van der Waals surface area contributed by atoms with Gasteiger partial charge in [-0.3, -0.25) is 4.57 Å². The molecule has 10 aromatic carbocycles. The largest absolute Gasteiger partial charge is 0.420 e. The van der Waals surface area contributed by atoms with Gasteiger partial charge in [-0.25, -0.2) is 4.98 Å². The summed E-state index contributed by atoms with van der Waals surface area (Å²) in [4.78, 5) is 15.2. The first kappa shape index (κ1) is 52.2. The van der Waals surface area contributed by atoms with Crippen molar-refractivity contribution in [3.63, 3.8) is 0 Å². The molecular formula is C72H57B2N7PtSi-2. The van der Waals surface area contributed by atoms with Crippen LogP contribution in [0.3, 0.4) is 0 Å². The number of anilines is 8. The summed E-state index contributed by atoms with van der Waals surface area (Å²) in [5.41, 5.74) is 23.5. The van der Waals surface area contributed by atoms with Crippen molar-refractivity contribution < 1.29 is 25.6 Å². The van der Waals surface area contributed by atoms with Crippen LogP contribution >= 0.6 is 0 Å². The van der Waals surface area contributed by atoms with Gasteiger partial charge in [-0.2, -0.15) is 18.2 Å². The molecule has 0 bridgehead atoms. The molecule has 5 heterocycles. The van der Waals surface area contributed by atoms with Gasteiger partial charge in [0.05, 0.1) is 22.4 Å². The van der Waals surface area contributed by atoms with Gasteiger partial charge >= 0.3 is 14.0 Å². The number of benzene rings is 10. The molecule has 0 aliphatic carbocycles. The second-order valence-electron chi connectivity index (χ2n) is 22.5. The van der Waals surface area contributed by atoms with Gasteiger partial charge in [0.15, 0.2) is 0 Å². The number of hydrogen-bond donors (Lipinski definition) is 0. The third-order valence-corrected chi connectivity index (χ3v) is 20.9. The third-order valence-electron chi connectivity index (χ3n) is 17.4. The second kappa shape index (κ2) is 20.5. The van der Waals surface area contributed by atoms with E-state index in [1.54, 1.807) is 0 Å². The second-order valence-corrected chi connectivity index (χ2v) is 26.9. The molecule has 83 heavy (non-hydrogen) atoms. The van der Waals surface area contributed by atoms with Crippen molar-refractivity contribution in [1.29, 1.82) is 0 Å². The predicted molar refractivity (Wildman–Crippen MR) is 344 cm³/mol. The Hall–Kier alpha value is -8.94. The molecule has 0 unspecified atom stereocenters. The Bertz CT molecular complexity index is 4380. The summed E-state index contributed by atoms with van der Waals surface area (Å²) < 4.78 is 4.68. The molecule has 2 aromatic heterocycles. The summed E-state index contributed by atoms with van der Waals surface area (Å²) >= 11 is 0. The van der Waals surface area contributed by atoms with Gasteiger partial charge in [0.1, 0.15) is 5.82 Å². The molecule has 0 radical (unpaired) electrons. The summed E-state index contributed by atoms with van der Waals surface area (Å²) in [5.74, 6) is 0.877. The zero-order chi connectivity index (χ0) is 55.4. The Morgan fingerprint density at radius 1 is 0.446 bits per heavy atom. The average Bonchev–Trinajstić information content (AvgIpc) is 1.78. The molecule has 0 fully saturated rings. The van der Waals surface area contributed by atoms with Crippen molar-refractivity contribution in [2.24, 2.45) is 0 Å². The van der Waals surface area contributed by atoms with E-state index in [0.29, 0.717) is 0 Å². The number of nitrogens with zero attached hydrogens (tertiary/aromatic N) is 7. The quantitative estimate of drug-likeness (QED) is 0.0817. The predicted octanol–water partition coefficient (Wildman–Crippen LogP) is 13.8. The average molecular weight is 1270 g/mol. The van der Waals surface area contributed by atoms with Gasteiger partial charge in [0.2, 0.25) is 0 Å². The first-order valence-corrected chi connectivity index (χ1v) is 31.4. The van der Waals surface area contributed by atoms with Crippen LogP contribution < -0.4 is 45.1 Å². The van der Waals surface area contributed by atoms with Gasteiger partial charge in [-0.15, -0.1) is 23.4 Å². The zero-order valence-electron chi connectivity index (χ0n) is 47.1. The number of pyridine rings is 1. The van der Waals surface area contributed by atoms with Crippen molar-refractivity contribution in [3.05, 3.63) is 277 Å². The van der Waals surface area contributed by atoms with Gasteiger partial charge in [0.25, 0.3) is 6.33 Å². The van der Waals surface area contributed by atoms with Crippen LogP contribution in [0.5, 0.6) is 0 Å². The fourth-order valence-electron chi connectivity index (χ4n) is 13.6. The fourth-order valence-corrected chi connectivity index (χ4v) is 16.5. The van der Waals surface area contributed by atoms with Crippen molar-refractivity contribution >= 4 is 100 Å². The Balaban J connectivity index is 0.00000614. The van der Waals surface area contributed by atoms with E-state index < -0.39 is 8.07 Å². The maximum absolute atomic E-state index is 5.23. The van der Waals surface area contributed by atoms with Crippen molar-refractivity contribution in [2.45, 2.75) is 40.8 Å². The molecular weight excluding hydrogens is 1210 g/mol. The van der Waals surface area contributed by atoms with Crippen LogP contribution in [0.1, 0.15) is 22.3 Å². The van der Waals surface area contributed by atoms with Gasteiger partial charge < -0.3 is 23.8 Å². The monoisotopic (exact) mass is 1260 g/mol. The topological polar surface area (TPSA) is 34.7 Å². The van der Waals surface area contributed by atoms with Crippen LogP contribution in [0.2, 0.25) is 13.1 Å². The van der Waals surface area contributed by atoms with Gasteiger partial charge in [-0.1, -0.05) is 233 Å². The number of rotatable bonds is 9. The number of aryl methyl sites for hydroxylation is 4. The number of para-hydroxylation sites is 4. The van der Waals surface area contributed by atoms with E-state index in [2.05, 4.69) is 318 Å². The minimum atomic E-state index is -2.50. The van der Waals surface area contributed by atoms with E-state index >= 15 is 0 Å². The molecule has 3 aliphatic rings. The van der Waals surface area contributed by atoms with E-state index in [9.17, 15) is 0 Å². The van der Waals surface area contributed by atoms with Crippen molar-refractivity contribution in [1.82, 2.24) is 9.55 Å². The molecule has 0 spiro atoms. The number of aromatic nitrogens is 3. The van der Waals surface area contributed by atoms with Crippen LogP contribution in [0.15, 0.2) is 237 Å². The molecule has 0 amide bonds. The molecule has 11 heteroatoms.